The molecule has 3 heterocycles. The highest BCUT2D eigenvalue weighted by Crippen LogP contribution is 2.54. The lowest BCUT2D eigenvalue weighted by Gasteiger charge is -2.46. The van der Waals surface area contributed by atoms with E-state index in [9.17, 15) is 27.6 Å². The highest BCUT2D eigenvalue weighted by atomic mass is 32.2. The van der Waals surface area contributed by atoms with E-state index in [4.69, 9.17) is 0 Å². The summed E-state index contributed by atoms with van der Waals surface area (Å²) in [5.41, 5.74) is 2.76. The van der Waals surface area contributed by atoms with Crippen LogP contribution in [0.5, 0.6) is 0 Å². The Bertz CT molecular complexity index is 2060. The normalized spacial score (nSPS) is 21.5. The molecule has 2 aliphatic rings. The number of ketones is 2. The van der Waals surface area contributed by atoms with E-state index in [1.165, 1.54) is 39.7 Å². The summed E-state index contributed by atoms with van der Waals surface area (Å²) in [6.45, 7) is 4.91. The molecule has 0 N–H and O–H groups in total. The fourth-order valence-corrected chi connectivity index (χ4v) is 8.88. The standard InChI is InChI=1S/C35H31N3O6S/c1-20-12-14-23(15-13-20)45(43,44)36-16-26-27(17-36)33(35(42)29-19-38(22(3)40)31-11-7-5-9-25(29)31)32(26)34(41)28-18-37(21(2)39)30-10-6-4-8-24(28)30/h4-15,18-19,26-27,32-33H,16-17H2,1-3H3/t26-,27+,32+,33-. The zero-order valence-electron chi connectivity index (χ0n) is 25.0. The first-order valence-corrected chi connectivity index (χ1v) is 16.3. The van der Waals surface area contributed by atoms with E-state index in [-0.39, 0.29) is 41.4 Å². The van der Waals surface area contributed by atoms with Crippen molar-refractivity contribution >= 4 is 55.2 Å². The lowest BCUT2D eigenvalue weighted by atomic mass is 9.54. The van der Waals surface area contributed by atoms with Crippen molar-refractivity contribution in [3.63, 3.8) is 0 Å². The molecule has 0 radical (unpaired) electrons. The molecule has 2 fully saturated rings. The van der Waals surface area contributed by atoms with Crippen molar-refractivity contribution in [1.29, 1.82) is 0 Å². The molecule has 0 spiro atoms. The van der Waals surface area contributed by atoms with Crippen molar-refractivity contribution in [2.45, 2.75) is 25.7 Å². The second kappa shape index (κ2) is 10.5. The van der Waals surface area contributed by atoms with Gasteiger partial charge >= 0.3 is 0 Å². The van der Waals surface area contributed by atoms with Crippen LogP contribution in [0.2, 0.25) is 0 Å². The molecule has 0 amide bonds. The number of carbonyl (C=O) groups is 4. The first-order valence-electron chi connectivity index (χ1n) is 14.9. The molecule has 1 aliphatic heterocycles. The van der Waals surface area contributed by atoms with Crippen molar-refractivity contribution < 1.29 is 27.6 Å². The van der Waals surface area contributed by atoms with Crippen LogP contribution >= 0.6 is 0 Å². The van der Waals surface area contributed by atoms with Crippen molar-refractivity contribution in [3.8, 4) is 0 Å². The van der Waals surface area contributed by atoms with Gasteiger partial charge in [-0.2, -0.15) is 4.31 Å². The van der Waals surface area contributed by atoms with E-state index in [0.29, 0.717) is 32.9 Å². The minimum absolute atomic E-state index is 0.0988. The van der Waals surface area contributed by atoms with E-state index in [1.54, 1.807) is 72.8 Å². The van der Waals surface area contributed by atoms with Crippen LogP contribution in [-0.2, 0) is 10.0 Å². The van der Waals surface area contributed by atoms with Crippen LogP contribution in [0.15, 0.2) is 90.1 Å². The lowest BCUT2D eigenvalue weighted by molar-refractivity contribution is 0.0204. The van der Waals surface area contributed by atoms with Gasteiger partial charge in [-0.1, -0.05) is 54.1 Å². The summed E-state index contributed by atoms with van der Waals surface area (Å²) in [7, 11) is -3.88. The first kappa shape index (κ1) is 29.1. The Hall–Kier alpha value is -4.67. The predicted octanol–water partition coefficient (Wildman–Crippen LogP) is 5.47. The minimum Gasteiger partial charge on any atom is -0.294 e. The molecule has 2 aromatic heterocycles. The van der Waals surface area contributed by atoms with Crippen molar-refractivity contribution in [1.82, 2.24) is 13.4 Å². The maximum absolute atomic E-state index is 14.5. The Morgan fingerprint density at radius 2 is 1.07 bits per heavy atom. The molecule has 45 heavy (non-hydrogen) atoms. The fraction of sp³-hybridized carbons (Fsp3) is 0.257. The largest absolute Gasteiger partial charge is 0.294 e. The Kier molecular flexibility index (Phi) is 6.75. The van der Waals surface area contributed by atoms with Crippen molar-refractivity contribution in [2.24, 2.45) is 23.7 Å². The van der Waals surface area contributed by atoms with Crippen LogP contribution in [0, 0.1) is 30.6 Å². The molecule has 5 aromatic rings. The van der Waals surface area contributed by atoms with Gasteiger partial charge in [0.25, 0.3) is 0 Å². The first-order chi connectivity index (χ1) is 21.5. The molecular formula is C35H31N3O6S. The number of hydrogen-bond donors (Lipinski definition) is 0. The summed E-state index contributed by atoms with van der Waals surface area (Å²) in [4.78, 5) is 54.1. The number of aromatic nitrogens is 2. The number of rotatable bonds is 6. The number of nitrogens with zero attached hydrogens (tertiary/aromatic N) is 3. The smallest absolute Gasteiger partial charge is 0.243 e. The third kappa shape index (κ3) is 4.42. The van der Waals surface area contributed by atoms with E-state index in [1.807, 2.05) is 6.92 Å². The molecule has 1 saturated heterocycles. The molecule has 10 heteroatoms. The van der Waals surface area contributed by atoms with Crippen molar-refractivity contribution in [2.75, 3.05) is 13.1 Å². The Morgan fingerprint density at radius 1 is 0.644 bits per heavy atom. The number of Topliss-reactive ketones (excluding diaryl/α,β-unsaturated/α-hetero) is 2. The molecule has 1 aliphatic carbocycles. The second-order valence-corrected chi connectivity index (χ2v) is 14.1. The highest BCUT2D eigenvalue weighted by molar-refractivity contribution is 7.89. The topological polar surface area (TPSA) is 116 Å². The zero-order chi connectivity index (χ0) is 31.8. The minimum atomic E-state index is -3.88. The zero-order valence-corrected chi connectivity index (χ0v) is 25.8. The number of benzene rings is 3. The molecule has 0 unspecified atom stereocenters. The Labute approximate surface area is 260 Å². The van der Waals surface area contributed by atoms with E-state index in [0.717, 1.165) is 5.56 Å². The molecule has 9 nitrogen and oxygen atoms in total. The Balaban J connectivity index is 1.33. The van der Waals surface area contributed by atoms with Gasteiger partial charge in [-0.3, -0.25) is 28.3 Å². The summed E-state index contributed by atoms with van der Waals surface area (Å²) in [5, 5.41) is 1.20. The van der Waals surface area contributed by atoms with E-state index < -0.39 is 33.7 Å². The van der Waals surface area contributed by atoms with Crippen LogP contribution in [0.4, 0.5) is 0 Å². The summed E-state index contributed by atoms with van der Waals surface area (Å²) in [5.74, 6) is -3.51. The van der Waals surface area contributed by atoms with Crippen LogP contribution in [0.25, 0.3) is 21.8 Å². The van der Waals surface area contributed by atoms with Crippen LogP contribution in [0.1, 0.15) is 49.7 Å². The van der Waals surface area contributed by atoms with Gasteiger partial charge in [0.05, 0.1) is 15.9 Å². The van der Waals surface area contributed by atoms with E-state index >= 15 is 0 Å². The van der Waals surface area contributed by atoms with Gasteiger partial charge in [0.2, 0.25) is 21.8 Å². The average Bonchev–Trinajstić information content (AvgIpc) is 3.70. The monoisotopic (exact) mass is 621 g/mol. The molecular weight excluding hydrogens is 590 g/mol. The van der Waals surface area contributed by atoms with Gasteiger partial charge in [0, 0.05) is 73.1 Å². The number of sulfonamides is 1. The van der Waals surface area contributed by atoms with Gasteiger partial charge in [-0.25, -0.2) is 8.42 Å². The number of fused-ring (bicyclic) bond motifs is 3. The predicted molar refractivity (Wildman–Crippen MR) is 169 cm³/mol. The maximum atomic E-state index is 14.5. The van der Waals surface area contributed by atoms with E-state index in [2.05, 4.69) is 0 Å². The number of aryl methyl sites for hydroxylation is 1. The maximum Gasteiger partial charge on any atom is 0.243 e. The molecule has 7 rings (SSSR count). The summed E-state index contributed by atoms with van der Waals surface area (Å²) in [6, 6.07) is 20.9. The summed E-state index contributed by atoms with van der Waals surface area (Å²) in [6.07, 6.45) is 3.06. The molecule has 4 atom stereocenters. The lowest BCUT2D eigenvalue weighted by Crippen LogP contribution is -2.53. The van der Waals surface area contributed by atoms with Gasteiger partial charge in [0.1, 0.15) is 0 Å². The Morgan fingerprint density at radius 3 is 1.49 bits per heavy atom. The molecule has 228 valence electrons. The average molecular weight is 622 g/mol. The third-order valence-electron chi connectivity index (χ3n) is 9.59. The second-order valence-electron chi connectivity index (χ2n) is 12.1. The fourth-order valence-electron chi connectivity index (χ4n) is 7.37. The van der Waals surface area contributed by atoms with Crippen LogP contribution in [-0.4, -0.2) is 58.3 Å². The van der Waals surface area contributed by atoms with Gasteiger partial charge in [0.15, 0.2) is 11.6 Å². The number of para-hydroxylation sites is 2. The van der Waals surface area contributed by atoms with Crippen LogP contribution in [0.3, 0.4) is 0 Å². The third-order valence-corrected chi connectivity index (χ3v) is 11.4. The van der Waals surface area contributed by atoms with Gasteiger partial charge < -0.3 is 0 Å². The quantitative estimate of drug-likeness (QED) is 0.232. The molecule has 0 bridgehead atoms. The van der Waals surface area contributed by atoms with Crippen molar-refractivity contribution in [3.05, 3.63) is 102 Å². The summed E-state index contributed by atoms with van der Waals surface area (Å²) >= 11 is 0. The highest BCUT2D eigenvalue weighted by Gasteiger charge is 2.62. The SMILES string of the molecule is CC(=O)n1cc(C(=O)[C@@H]2[C@H]3CN(S(=O)(=O)c4ccc(C)cc4)C[C@H]3[C@@H]2C(=O)c2cn(C(C)=O)c3ccccc23)c2ccccc21. The number of hydrogen-bond acceptors (Lipinski definition) is 6. The number of carbonyl (C=O) groups excluding carboxylic acids is 4. The summed E-state index contributed by atoms with van der Waals surface area (Å²) < 4.78 is 31.7. The van der Waals surface area contributed by atoms with Gasteiger partial charge in [-0.05, 0) is 43.0 Å². The molecule has 1 saturated carbocycles. The molecule has 3 aromatic carbocycles. The van der Waals surface area contributed by atoms with Crippen LogP contribution < -0.4 is 0 Å². The van der Waals surface area contributed by atoms with Gasteiger partial charge in [-0.15, -0.1) is 0 Å².